The van der Waals surface area contributed by atoms with Crippen LogP contribution >= 0.6 is 22.9 Å². The molecule has 2 amide bonds. The largest absolute Gasteiger partial charge is 0.365 e. The maximum Gasteiger partial charge on any atom is 0.252 e. The van der Waals surface area contributed by atoms with Crippen molar-refractivity contribution in [3.63, 3.8) is 0 Å². The minimum atomic E-state index is -0.542. The minimum Gasteiger partial charge on any atom is -0.365 e. The number of anilines is 1. The average Bonchev–Trinajstić information content (AvgIpc) is 2.96. The molecule has 1 aromatic carbocycles. The van der Waals surface area contributed by atoms with Crippen LogP contribution in [0, 0.1) is 30.1 Å². The van der Waals surface area contributed by atoms with E-state index in [1.165, 1.54) is 49.9 Å². The van der Waals surface area contributed by atoms with Gasteiger partial charge in [-0.1, -0.05) is 29.8 Å². The Bertz CT molecular complexity index is 993. The molecule has 4 nitrogen and oxygen atoms in total. The number of carbonyl (C=O) groups is 2. The minimum absolute atomic E-state index is 0.00593. The van der Waals surface area contributed by atoms with Gasteiger partial charge in [0.2, 0.25) is 5.91 Å². The van der Waals surface area contributed by atoms with E-state index in [1.807, 2.05) is 25.1 Å². The van der Waals surface area contributed by atoms with E-state index < -0.39 is 5.91 Å². The van der Waals surface area contributed by atoms with Gasteiger partial charge in [0.25, 0.3) is 5.91 Å². The van der Waals surface area contributed by atoms with Gasteiger partial charge in [0.1, 0.15) is 5.00 Å². The molecule has 4 aliphatic carbocycles. The van der Waals surface area contributed by atoms with Crippen LogP contribution in [0.2, 0.25) is 5.02 Å². The molecule has 0 saturated heterocycles. The Morgan fingerprint density at radius 2 is 1.73 bits per heavy atom. The standard InChI is InChI=1S/C24H27ClN2O2S/c1-13-20(17-4-2-3-5-18(17)25)21(22(26)29)23(30-13)27-19(28)12-24-9-14-6-15(10-24)8-16(7-14)11-24/h2-5,14-16H,6-12H2,1H3,(H2,26,29)(H,27,28). The van der Waals surface area contributed by atoms with Gasteiger partial charge in [0.15, 0.2) is 0 Å². The van der Waals surface area contributed by atoms with Crippen molar-refractivity contribution in [2.75, 3.05) is 5.32 Å². The van der Waals surface area contributed by atoms with E-state index in [1.54, 1.807) is 6.07 Å². The summed E-state index contributed by atoms with van der Waals surface area (Å²) in [5.74, 6) is 1.88. The molecule has 6 heteroatoms. The molecule has 0 atom stereocenters. The van der Waals surface area contributed by atoms with Crippen LogP contribution < -0.4 is 11.1 Å². The summed E-state index contributed by atoms with van der Waals surface area (Å²) >= 11 is 7.79. The summed E-state index contributed by atoms with van der Waals surface area (Å²) in [6.07, 6.45) is 8.18. The molecule has 2 aromatic rings. The van der Waals surface area contributed by atoms with Gasteiger partial charge in [0.05, 0.1) is 5.56 Å². The van der Waals surface area contributed by atoms with Crippen LogP contribution in [-0.4, -0.2) is 11.8 Å². The van der Waals surface area contributed by atoms with E-state index in [-0.39, 0.29) is 11.3 Å². The molecule has 0 spiro atoms. The van der Waals surface area contributed by atoms with E-state index in [4.69, 9.17) is 17.3 Å². The lowest BCUT2D eigenvalue weighted by atomic mass is 9.49. The Morgan fingerprint density at radius 3 is 2.30 bits per heavy atom. The van der Waals surface area contributed by atoms with Crippen LogP contribution in [-0.2, 0) is 4.79 Å². The summed E-state index contributed by atoms with van der Waals surface area (Å²) < 4.78 is 0. The van der Waals surface area contributed by atoms with Crippen LogP contribution in [0.3, 0.4) is 0 Å². The molecule has 3 N–H and O–H groups in total. The molecular weight excluding hydrogens is 416 g/mol. The fourth-order valence-corrected chi connectivity index (χ4v) is 8.19. The highest BCUT2D eigenvalue weighted by Crippen LogP contribution is 2.61. The summed E-state index contributed by atoms with van der Waals surface area (Å²) in [5.41, 5.74) is 7.77. The molecule has 4 bridgehead atoms. The first-order valence-electron chi connectivity index (χ1n) is 10.8. The number of rotatable bonds is 5. The van der Waals surface area contributed by atoms with Gasteiger partial charge >= 0.3 is 0 Å². The Kier molecular flexibility index (Phi) is 4.94. The molecule has 0 unspecified atom stereocenters. The maximum atomic E-state index is 13.1. The second-order valence-corrected chi connectivity index (χ2v) is 11.4. The molecule has 30 heavy (non-hydrogen) atoms. The molecular formula is C24H27ClN2O2S. The van der Waals surface area contributed by atoms with Gasteiger partial charge in [0, 0.05) is 27.4 Å². The second-order valence-electron chi connectivity index (χ2n) is 9.72. The van der Waals surface area contributed by atoms with Crippen molar-refractivity contribution in [2.24, 2.45) is 28.9 Å². The lowest BCUT2D eigenvalue weighted by Crippen LogP contribution is -2.47. The van der Waals surface area contributed by atoms with Gasteiger partial charge in [-0.2, -0.15) is 0 Å². The SMILES string of the molecule is Cc1sc(NC(=O)CC23CC4CC(CC(C4)C2)C3)c(C(N)=O)c1-c1ccccc1Cl. The number of primary amides is 1. The van der Waals surface area contributed by atoms with Crippen molar-refractivity contribution >= 4 is 39.8 Å². The third kappa shape index (κ3) is 3.46. The molecule has 6 rings (SSSR count). The maximum absolute atomic E-state index is 13.1. The predicted molar refractivity (Wildman–Crippen MR) is 122 cm³/mol. The van der Waals surface area contributed by atoms with Crippen LogP contribution in [0.4, 0.5) is 5.00 Å². The van der Waals surface area contributed by atoms with E-state index in [0.29, 0.717) is 22.0 Å². The smallest absolute Gasteiger partial charge is 0.252 e. The summed E-state index contributed by atoms with van der Waals surface area (Å²) in [6, 6.07) is 7.41. The van der Waals surface area contributed by atoms with E-state index in [2.05, 4.69) is 5.32 Å². The summed E-state index contributed by atoms with van der Waals surface area (Å²) in [5, 5.41) is 4.16. The Hall–Kier alpha value is -1.85. The fourth-order valence-electron chi connectivity index (χ4n) is 6.87. The average molecular weight is 443 g/mol. The summed E-state index contributed by atoms with van der Waals surface area (Å²) in [7, 11) is 0. The van der Waals surface area contributed by atoms with Crippen LogP contribution in [0.5, 0.6) is 0 Å². The molecule has 1 heterocycles. The molecule has 0 radical (unpaired) electrons. The van der Waals surface area contributed by atoms with Gasteiger partial charge in [-0.25, -0.2) is 0 Å². The molecule has 158 valence electrons. The summed E-state index contributed by atoms with van der Waals surface area (Å²) in [6.45, 7) is 1.94. The normalized spacial score (nSPS) is 29.2. The van der Waals surface area contributed by atoms with Crippen molar-refractivity contribution < 1.29 is 9.59 Å². The monoisotopic (exact) mass is 442 g/mol. The number of amides is 2. The Balaban J connectivity index is 1.41. The van der Waals surface area contributed by atoms with Crippen LogP contribution in [0.25, 0.3) is 11.1 Å². The van der Waals surface area contributed by atoms with Crippen molar-refractivity contribution in [2.45, 2.75) is 51.9 Å². The van der Waals surface area contributed by atoms with E-state index in [0.717, 1.165) is 33.8 Å². The third-order valence-corrected chi connectivity index (χ3v) is 8.78. The Morgan fingerprint density at radius 1 is 1.13 bits per heavy atom. The highest BCUT2D eigenvalue weighted by molar-refractivity contribution is 7.17. The number of thiophene rings is 1. The van der Waals surface area contributed by atoms with Crippen molar-refractivity contribution in [1.82, 2.24) is 0 Å². The molecule has 4 fully saturated rings. The zero-order valence-electron chi connectivity index (χ0n) is 17.2. The zero-order chi connectivity index (χ0) is 21.0. The predicted octanol–water partition coefficient (Wildman–Crippen LogP) is 6.02. The van der Waals surface area contributed by atoms with Gasteiger partial charge in [-0.3, -0.25) is 9.59 Å². The lowest BCUT2D eigenvalue weighted by Gasteiger charge is -2.56. The number of nitrogens with two attached hydrogens (primary N) is 1. The molecule has 0 aliphatic heterocycles. The molecule has 1 aromatic heterocycles. The Labute approximate surface area is 186 Å². The van der Waals surface area contributed by atoms with Crippen molar-refractivity contribution in [3.8, 4) is 11.1 Å². The van der Waals surface area contributed by atoms with Crippen LogP contribution in [0.1, 0.15) is 60.2 Å². The number of halogens is 1. The topological polar surface area (TPSA) is 72.2 Å². The fraction of sp³-hybridized carbons (Fsp3) is 0.500. The highest BCUT2D eigenvalue weighted by atomic mass is 35.5. The summed E-state index contributed by atoms with van der Waals surface area (Å²) in [4.78, 5) is 26.4. The first-order valence-corrected chi connectivity index (χ1v) is 12.0. The van der Waals surface area contributed by atoms with E-state index in [9.17, 15) is 9.59 Å². The molecule has 4 saturated carbocycles. The first-order chi connectivity index (χ1) is 14.3. The number of carbonyl (C=O) groups excluding carboxylic acids is 2. The van der Waals surface area contributed by atoms with E-state index >= 15 is 0 Å². The third-order valence-electron chi connectivity index (χ3n) is 7.43. The molecule has 4 aliphatic rings. The van der Waals surface area contributed by atoms with Gasteiger partial charge in [-0.15, -0.1) is 11.3 Å². The number of hydrogen-bond donors (Lipinski definition) is 2. The first kappa shape index (κ1) is 20.1. The number of nitrogens with one attached hydrogen (secondary N) is 1. The highest BCUT2D eigenvalue weighted by Gasteiger charge is 2.51. The number of hydrogen-bond acceptors (Lipinski definition) is 3. The van der Waals surface area contributed by atoms with Gasteiger partial charge in [-0.05, 0) is 74.7 Å². The number of aryl methyl sites for hydroxylation is 1. The van der Waals surface area contributed by atoms with Crippen molar-refractivity contribution in [1.29, 1.82) is 0 Å². The van der Waals surface area contributed by atoms with Gasteiger partial charge < -0.3 is 11.1 Å². The quantitative estimate of drug-likeness (QED) is 0.594. The second kappa shape index (κ2) is 7.38. The zero-order valence-corrected chi connectivity index (χ0v) is 18.7. The van der Waals surface area contributed by atoms with Crippen LogP contribution in [0.15, 0.2) is 24.3 Å². The number of benzene rings is 1. The van der Waals surface area contributed by atoms with Crippen molar-refractivity contribution in [3.05, 3.63) is 39.7 Å². The lowest BCUT2D eigenvalue weighted by molar-refractivity contribution is -0.124.